The second kappa shape index (κ2) is 7.82. The van der Waals surface area contributed by atoms with Gasteiger partial charge in [-0.1, -0.05) is 18.2 Å². The summed E-state index contributed by atoms with van der Waals surface area (Å²) in [6.45, 7) is 0. The van der Waals surface area contributed by atoms with E-state index in [-0.39, 0.29) is 16.3 Å². The number of fused-ring (bicyclic) bond motifs is 1. The van der Waals surface area contributed by atoms with Crippen LogP contribution in [0, 0.1) is 0 Å². The van der Waals surface area contributed by atoms with Crippen LogP contribution in [0.4, 0.5) is 5.69 Å². The molecule has 0 saturated carbocycles. The molecule has 0 aliphatic rings. The first-order valence-corrected chi connectivity index (χ1v) is 10.3. The lowest BCUT2D eigenvalue weighted by atomic mass is 10.2. The highest BCUT2D eigenvalue weighted by Gasteiger charge is 2.24. The van der Waals surface area contributed by atoms with Crippen LogP contribution in [0.1, 0.15) is 16.9 Å². The fourth-order valence-electron chi connectivity index (χ4n) is 2.52. The van der Waals surface area contributed by atoms with Crippen LogP contribution in [-0.2, 0) is 19.6 Å². The average Bonchev–Trinajstić information content (AvgIpc) is 3.35. The topological polar surface area (TPSA) is 128 Å². The standard InChI is InChI=1S/C17H16N4O5S2/c1-21(28(25,26)15-6-3-9-27-15)13-5-2-4-11-10-12(18-16(11)13)17(24)20-19-14(23)7-8-22/h2-6,8-10,18H,7H2,1H3,(H,19,23)(H,20,24). The van der Waals surface area contributed by atoms with E-state index in [1.54, 1.807) is 29.6 Å². The number of hydrazine groups is 1. The molecule has 3 rings (SSSR count). The third-order valence-electron chi connectivity index (χ3n) is 3.91. The molecule has 0 saturated heterocycles. The second-order valence-corrected chi connectivity index (χ2v) is 8.85. The fraction of sp³-hybridized carbons (Fsp3) is 0.118. The van der Waals surface area contributed by atoms with E-state index in [2.05, 4.69) is 15.8 Å². The molecule has 0 atom stereocenters. The highest BCUT2D eigenvalue weighted by Crippen LogP contribution is 2.31. The number of benzene rings is 1. The lowest BCUT2D eigenvalue weighted by Crippen LogP contribution is -2.41. The van der Waals surface area contributed by atoms with Crippen molar-refractivity contribution in [2.75, 3.05) is 11.4 Å². The van der Waals surface area contributed by atoms with Gasteiger partial charge < -0.3 is 9.78 Å². The van der Waals surface area contributed by atoms with Crippen molar-refractivity contribution in [3.05, 3.63) is 47.5 Å². The number of amides is 2. The van der Waals surface area contributed by atoms with E-state index in [4.69, 9.17) is 0 Å². The molecule has 9 nitrogen and oxygen atoms in total. The monoisotopic (exact) mass is 420 g/mol. The van der Waals surface area contributed by atoms with Crippen molar-refractivity contribution < 1.29 is 22.8 Å². The van der Waals surface area contributed by atoms with Crippen molar-refractivity contribution in [3.8, 4) is 0 Å². The Hall–Kier alpha value is -3.18. The summed E-state index contributed by atoms with van der Waals surface area (Å²) in [5, 5.41) is 2.30. The molecule has 0 unspecified atom stereocenters. The molecule has 3 N–H and O–H groups in total. The molecular weight excluding hydrogens is 404 g/mol. The summed E-state index contributed by atoms with van der Waals surface area (Å²) in [6.07, 6.45) is 0.0447. The first-order chi connectivity index (χ1) is 13.3. The number of para-hydroxylation sites is 1. The third kappa shape index (κ3) is 3.75. The zero-order valence-corrected chi connectivity index (χ0v) is 16.3. The molecule has 2 heterocycles. The Morgan fingerprint density at radius 1 is 1.21 bits per heavy atom. The largest absolute Gasteiger partial charge is 0.349 e. The Morgan fingerprint density at radius 2 is 2.00 bits per heavy atom. The first-order valence-electron chi connectivity index (χ1n) is 8.01. The maximum Gasteiger partial charge on any atom is 0.286 e. The number of H-pyrrole nitrogens is 1. The maximum absolute atomic E-state index is 12.8. The van der Waals surface area contributed by atoms with Crippen molar-refractivity contribution in [1.82, 2.24) is 15.8 Å². The molecule has 0 bridgehead atoms. The number of rotatable bonds is 6. The van der Waals surface area contributed by atoms with Gasteiger partial charge in [-0.3, -0.25) is 24.7 Å². The van der Waals surface area contributed by atoms with E-state index in [1.807, 2.05) is 0 Å². The summed E-state index contributed by atoms with van der Waals surface area (Å²) in [7, 11) is -2.30. The lowest BCUT2D eigenvalue weighted by molar-refractivity contribution is -0.124. The van der Waals surface area contributed by atoms with Crippen LogP contribution in [0.15, 0.2) is 46.0 Å². The van der Waals surface area contributed by atoms with Gasteiger partial charge in [0.15, 0.2) is 0 Å². The molecule has 1 aromatic carbocycles. The van der Waals surface area contributed by atoms with Crippen molar-refractivity contribution in [3.63, 3.8) is 0 Å². The number of thiophene rings is 1. The summed E-state index contributed by atoms with van der Waals surface area (Å²) in [4.78, 5) is 36.7. The minimum Gasteiger partial charge on any atom is -0.349 e. The van der Waals surface area contributed by atoms with E-state index >= 15 is 0 Å². The quantitative estimate of drug-likeness (QED) is 0.315. The Labute approximate surface area is 164 Å². The molecule has 0 radical (unpaired) electrons. The Kier molecular flexibility index (Phi) is 5.47. The van der Waals surface area contributed by atoms with E-state index in [9.17, 15) is 22.8 Å². The number of hydrogen-bond donors (Lipinski definition) is 3. The lowest BCUT2D eigenvalue weighted by Gasteiger charge is -2.19. The Bertz CT molecular complexity index is 1140. The van der Waals surface area contributed by atoms with Crippen LogP contribution in [0.2, 0.25) is 0 Å². The molecule has 2 aromatic heterocycles. The van der Waals surface area contributed by atoms with E-state index in [1.165, 1.54) is 19.2 Å². The van der Waals surface area contributed by atoms with Crippen LogP contribution in [0.3, 0.4) is 0 Å². The zero-order chi connectivity index (χ0) is 20.3. The highest BCUT2D eigenvalue weighted by atomic mass is 32.2. The van der Waals surface area contributed by atoms with Gasteiger partial charge in [0.05, 0.1) is 17.6 Å². The van der Waals surface area contributed by atoms with Gasteiger partial charge in [0.1, 0.15) is 16.2 Å². The van der Waals surface area contributed by atoms with Gasteiger partial charge in [-0.25, -0.2) is 8.42 Å². The number of aromatic amines is 1. The summed E-state index contributed by atoms with van der Waals surface area (Å²) in [5.41, 5.74) is 5.24. The number of hydrogen-bond acceptors (Lipinski definition) is 6. The maximum atomic E-state index is 12.8. The predicted octanol–water partition coefficient (Wildman–Crippen LogP) is 1.40. The number of carbonyl (C=O) groups excluding carboxylic acids is 3. The summed E-state index contributed by atoms with van der Waals surface area (Å²) in [6, 6.07) is 9.74. The number of nitrogens with one attached hydrogen (secondary N) is 3. The number of anilines is 1. The molecule has 2 amide bonds. The molecule has 146 valence electrons. The van der Waals surface area contributed by atoms with Gasteiger partial charge in [-0.2, -0.15) is 0 Å². The van der Waals surface area contributed by atoms with Crippen molar-refractivity contribution in [2.45, 2.75) is 10.6 Å². The number of nitrogens with zero attached hydrogens (tertiary/aromatic N) is 1. The molecule has 0 spiro atoms. The van der Waals surface area contributed by atoms with Gasteiger partial charge in [-0.15, -0.1) is 11.3 Å². The van der Waals surface area contributed by atoms with E-state index < -0.39 is 21.8 Å². The number of aromatic nitrogens is 1. The number of sulfonamides is 1. The summed E-state index contributed by atoms with van der Waals surface area (Å²) >= 11 is 1.11. The van der Waals surface area contributed by atoms with Crippen LogP contribution >= 0.6 is 11.3 Å². The summed E-state index contributed by atoms with van der Waals surface area (Å²) < 4.78 is 26.9. The molecule has 0 aliphatic carbocycles. The fourth-order valence-corrected chi connectivity index (χ4v) is 4.89. The Balaban J connectivity index is 1.90. The summed E-state index contributed by atoms with van der Waals surface area (Å²) in [5.74, 6) is -1.29. The average molecular weight is 420 g/mol. The van der Waals surface area contributed by atoms with Crippen molar-refractivity contribution >= 4 is 56.1 Å². The van der Waals surface area contributed by atoms with E-state index in [0.717, 1.165) is 15.6 Å². The normalized spacial score (nSPS) is 11.2. The second-order valence-electron chi connectivity index (χ2n) is 5.70. The van der Waals surface area contributed by atoms with Crippen LogP contribution < -0.4 is 15.2 Å². The molecule has 11 heteroatoms. The van der Waals surface area contributed by atoms with E-state index in [0.29, 0.717) is 22.9 Å². The SMILES string of the molecule is CN(c1cccc2cc(C(=O)NNC(=O)CC=O)[nH]c12)S(=O)(=O)c1cccs1. The van der Waals surface area contributed by atoms with Crippen molar-refractivity contribution in [2.24, 2.45) is 0 Å². The third-order valence-corrected chi connectivity index (χ3v) is 7.06. The van der Waals surface area contributed by atoms with Gasteiger partial charge in [0.25, 0.3) is 15.9 Å². The van der Waals surface area contributed by atoms with Crippen LogP contribution in [0.25, 0.3) is 10.9 Å². The van der Waals surface area contributed by atoms with Crippen molar-refractivity contribution in [1.29, 1.82) is 0 Å². The smallest absolute Gasteiger partial charge is 0.286 e. The molecule has 0 aliphatic heterocycles. The van der Waals surface area contributed by atoms with Gasteiger partial charge in [0, 0.05) is 12.4 Å². The Morgan fingerprint density at radius 3 is 2.68 bits per heavy atom. The molecular formula is C17H16N4O5S2. The minimum absolute atomic E-state index is 0.121. The van der Waals surface area contributed by atoms with Gasteiger partial charge >= 0.3 is 0 Å². The first kappa shape index (κ1) is 19.6. The van der Waals surface area contributed by atoms with Crippen LogP contribution in [0.5, 0.6) is 0 Å². The number of carbonyl (C=O) groups is 3. The number of aldehydes is 1. The predicted molar refractivity (Wildman–Crippen MR) is 104 cm³/mol. The minimum atomic E-state index is -3.74. The van der Waals surface area contributed by atoms with Gasteiger partial charge in [0.2, 0.25) is 5.91 Å². The molecule has 0 fully saturated rings. The zero-order valence-electron chi connectivity index (χ0n) is 14.6. The molecule has 3 aromatic rings. The van der Waals surface area contributed by atoms with Crippen LogP contribution in [-0.4, -0.2) is 38.5 Å². The molecule has 28 heavy (non-hydrogen) atoms. The van der Waals surface area contributed by atoms with Gasteiger partial charge in [-0.05, 0) is 23.6 Å². The highest BCUT2D eigenvalue weighted by molar-refractivity contribution is 7.94.